The van der Waals surface area contributed by atoms with Crippen LogP contribution in [-0.2, 0) is 0 Å². The molecule has 0 aliphatic heterocycles. The molecule has 56 valence electrons. The zero-order valence-electron chi connectivity index (χ0n) is 6.17. The van der Waals surface area contributed by atoms with E-state index in [0.29, 0.717) is 6.04 Å². The quantitative estimate of drug-likeness (QED) is 0.452. The minimum Gasteiger partial charge on any atom is -0.368 e. The molecule has 0 aromatic rings. The van der Waals surface area contributed by atoms with Crippen molar-refractivity contribution in [1.82, 2.24) is 0 Å². The van der Waals surface area contributed by atoms with Crippen molar-refractivity contribution < 1.29 is 10.2 Å². The Hall–Kier alpha value is 0.137. The van der Waals surface area contributed by atoms with Crippen molar-refractivity contribution in [1.29, 1.82) is 0 Å². The fraction of sp³-hybridized carbons (Fsp3) is 1.00. The van der Waals surface area contributed by atoms with Gasteiger partial charge in [-0.05, 0) is 6.04 Å². The summed E-state index contributed by atoms with van der Waals surface area (Å²) in [4.78, 5) is 0. The number of aliphatic hydroxyl groups is 2. The molecular formula is C6H16O2Si. The summed E-state index contributed by atoms with van der Waals surface area (Å²) in [7, 11) is -0.750. The summed E-state index contributed by atoms with van der Waals surface area (Å²) >= 11 is 0. The average molecular weight is 148 g/mol. The van der Waals surface area contributed by atoms with Gasteiger partial charge in [0, 0.05) is 8.80 Å². The van der Waals surface area contributed by atoms with Crippen molar-refractivity contribution in [3.63, 3.8) is 0 Å². The lowest BCUT2D eigenvalue weighted by Crippen LogP contribution is -2.17. The van der Waals surface area contributed by atoms with Gasteiger partial charge in [0.15, 0.2) is 0 Å². The highest BCUT2D eigenvalue weighted by atomic mass is 28.3. The Morgan fingerprint density at radius 1 is 1.22 bits per heavy atom. The normalized spacial score (nSPS) is 11.3. The molecule has 0 rings (SSSR count). The van der Waals surface area contributed by atoms with Crippen LogP contribution in [0, 0.1) is 0 Å². The van der Waals surface area contributed by atoms with E-state index in [1.54, 1.807) is 0 Å². The number of aliphatic hydroxyl groups excluding tert-OH is 1. The smallest absolute Gasteiger partial charge is 0.148 e. The predicted octanol–water partition coefficient (Wildman–Crippen LogP) is 0.564. The van der Waals surface area contributed by atoms with Gasteiger partial charge in [0.2, 0.25) is 0 Å². The van der Waals surface area contributed by atoms with E-state index in [0.717, 1.165) is 0 Å². The maximum atomic E-state index is 8.58. The average Bonchev–Trinajstić information content (AvgIpc) is 1.82. The van der Waals surface area contributed by atoms with Gasteiger partial charge in [-0.25, -0.2) is 0 Å². The van der Waals surface area contributed by atoms with Crippen molar-refractivity contribution in [3.8, 4) is 0 Å². The van der Waals surface area contributed by atoms with Gasteiger partial charge in [-0.15, -0.1) is 0 Å². The van der Waals surface area contributed by atoms with E-state index in [4.69, 9.17) is 10.2 Å². The minimum absolute atomic E-state index is 0.660. The van der Waals surface area contributed by atoms with Crippen LogP contribution in [0.4, 0.5) is 0 Å². The molecule has 0 aromatic heterocycles. The van der Waals surface area contributed by atoms with Gasteiger partial charge in [0.1, 0.15) is 6.29 Å². The third-order valence-corrected chi connectivity index (χ3v) is 5.10. The maximum Gasteiger partial charge on any atom is 0.148 e. The lowest BCUT2D eigenvalue weighted by molar-refractivity contribution is -0.0233. The summed E-state index contributed by atoms with van der Waals surface area (Å²) < 4.78 is 0. The van der Waals surface area contributed by atoms with Gasteiger partial charge in [-0.3, -0.25) is 0 Å². The summed E-state index contributed by atoms with van der Waals surface area (Å²) in [6.45, 7) is 4.26. The Morgan fingerprint density at radius 2 is 1.67 bits per heavy atom. The molecule has 0 unspecified atom stereocenters. The Kier molecular flexibility index (Phi) is 5.04. The van der Waals surface area contributed by atoms with E-state index >= 15 is 0 Å². The molecule has 0 saturated heterocycles. The number of hydrogen-bond donors (Lipinski definition) is 2. The molecule has 0 atom stereocenters. The summed E-state index contributed by atoms with van der Waals surface area (Å²) in [6.07, 6.45) is -1.05. The zero-order valence-corrected chi connectivity index (χ0v) is 7.33. The molecule has 3 heteroatoms. The maximum absolute atomic E-state index is 8.58. The van der Waals surface area contributed by atoms with Crippen LogP contribution in [0.3, 0.4) is 0 Å². The van der Waals surface area contributed by atoms with Crippen LogP contribution >= 0.6 is 0 Å². The van der Waals surface area contributed by atoms with Crippen LogP contribution in [0.1, 0.15) is 13.8 Å². The minimum atomic E-state index is -1.05. The molecule has 0 aliphatic rings. The molecule has 0 bridgehead atoms. The first kappa shape index (κ1) is 9.14. The van der Waals surface area contributed by atoms with Crippen LogP contribution in [0.5, 0.6) is 0 Å². The molecule has 0 spiro atoms. The molecule has 9 heavy (non-hydrogen) atoms. The van der Waals surface area contributed by atoms with Gasteiger partial charge >= 0.3 is 0 Å². The molecule has 0 heterocycles. The Bertz CT molecular complexity index is 62.1. The van der Waals surface area contributed by atoms with Crippen molar-refractivity contribution in [3.05, 3.63) is 0 Å². The van der Waals surface area contributed by atoms with Crippen LogP contribution in [0.15, 0.2) is 0 Å². The molecule has 2 N–H and O–H groups in total. The molecular weight excluding hydrogens is 132 g/mol. The number of rotatable bonds is 4. The van der Waals surface area contributed by atoms with Crippen LogP contribution < -0.4 is 0 Å². The van der Waals surface area contributed by atoms with Crippen molar-refractivity contribution in [2.75, 3.05) is 0 Å². The van der Waals surface area contributed by atoms with Crippen molar-refractivity contribution in [2.45, 2.75) is 38.3 Å². The largest absolute Gasteiger partial charge is 0.368 e. The Labute approximate surface area is 58.1 Å². The highest BCUT2D eigenvalue weighted by Crippen LogP contribution is 2.05. The van der Waals surface area contributed by atoms with E-state index in [1.165, 1.54) is 12.1 Å². The first-order valence-corrected chi connectivity index (χ1v) is 6.01. The molecule has 0 saturated carbocycles. The Balaban J connectivity index is 3.31. The van der Waals surface area contributed by atoms with E-state index in [-0.39, 0.29) is 0 Å². The first-order chi connectivity index (χ1) is 4.20. The third kappa shape index (κ3) is 4.63. The fourth-order valence-corrected chi connectivity index (χ4v) is 2.76. The SMILES string of the molecule is CC[SiH](CC)CC(O)O. The van der Waals surface area contributed by atoms with E-state index in [2.05, 4.69) is 13.8 Å². The highest BCUT2D eigenvalue weighted by Gasteiger charge is 2.08. The fourth-order valence-electron chi connectivity index (χ4n) is 0.920. The van der Waals surface area contributed by atoms with Gasteiger partial charge in [-0.2, -0.15) is 0 Å². The second kappa shape index (κ2) is 4.96. The van der Waals surface area contributed by atoms with Gasteiger partial charge < -0.3 is 10.2 Å². The second-order valence-corrected chi connectivity index (χ2v) is 6.24. The molecule has 0 radical (unpaired) electrons. The summed E-state index contributed by atoms with van der Waals surface area (Å²) in [5.74, 6) is 0. The molecule has 0 aliphatic carbocycles. The van der Waals surface area contributed by atoms with Crippen molar-refractivity contribution in [2.24, 2.45) is 0 Å². The van der Waals surface area contributed by atoms with Crippen LogP contribution in [-0.4, -0.2) is 25.3 Å². The van der Waals surface area contributed by atoms with Crippen molar-refractivity contribution >= 4 is 8.80 Å². The number of hydrogen-bond acceptors (Lipinski definition) is 2. The molecule has 2 nitrogen and oxygen atoms in total. The Morgan fingerprint density at radius 3 is 1.78 bits per heavy atom. The summed E-state index contributed by atoms with van der Waals surface area (Å²) in [5.41, 5.74) is 0. The lowest BCUT2D eigenvalue weighted by atomic mass is 10.8. The monoisotopic (exact) mass is 148 g/mol. The first-order valence-electron chi connectivity index (χ1n) is 3.56. The molecule has 0 aromatic carbocycles. The third-order valence-electron chi connectivity index (χ3n) is 1.70. The standard InChI is InChI=1S/C6H16O2Si/c1-3-9(4-2)5-6(7)8/h6-9H,3-5H2,1-2H3. The lowest BCUT2D eigenvalue weighted by Gasteiger charge is -2.10. The van der Waals surface area contributed by atoms with E-state index < -0.39 is 15.1 Å². The molecule has 0 amide bonds. The molecule has 0 fully saturated rings. The highest BCUT2D eigenvalue weighted by molar-refractivity contribution is 6.58. The van der Waals surface area contributed by atoms with E-state index in [9.17, 15) is 0 Å². The van der Waals surface area contributed by atoms with Crippen LogP contribution in [0.25, 0.3) is 0 Å². The van der Waals surface area contributed by atoms with Crippen LogP contribution in [0.2, 0.25) is 18.1 Å². The predicted molar refractivity (Wildman–Crippen MR) is 41.1 cm³/mol. The van der Waals surface area contributed by atoms with Gasteiger partial charge in [0.05, 0.1) is 0 Å². The summed E-state index contributed by atoms with van der Waals surface area (Å²) in [6, 6.07) is 3.01. The second-order valence-electron chi connectivity index (χ2n) is 2.40. The van der Waals surface area contributed by atoms with Gasteiger partial charge in [0.25, 0.3) is 0 Å². The van der Waals surface area contributed by atoms with Gasteiger partial charge in [-0.1, -0.05) is 25.9 Å². The summed E-state index contributed by atoms with van der Waals surface area (Å²) in [5, 5.41) is 17.2. The topological polar surface area (TPSA) is 40.5 Å². The van der Waals surface area contributed by atoms with E-state index in [1.807, 2.05) is 0 Å². The zero-order chi connectivity index (χ0) is 7.28.